The number of aliphatic hydroxyl groups is 1. The fourth-order valence-corrected chi connectivity index (χ4v) is 3.80. The molecule has 7 nitrogen and oxygen atoms in total. The number of β-amino-alcohol motifs (C(OH)–C–C–N with tert-alkyl or cyclic N) is 1. The third-order valence-electron chi connectivity index (χ3n) is 4.82. The molecule has 0 bridgehead atoms. The van der Waals surface area contributed by atoms with Gasteiger partial charge in [-0.3, -0.25) is 9.58 Å². The van der Waals surface area contributed by atoms with Gasteiger partial charge in [-0.2, -0.15) is 5.10 Å². The lowest BCUT2D eigenvalue weighted by Crippen LogP contribution is -2.49. The summed E-state index contributed by atoms with van der Waals surface area (Å²) >= 11 is 6.39. The molecule has 0 unspecified atom stereocenters. The Morgan fingerprint density at radius 3 is 2.85 bits per heavy atom. The first-order chi connectivity index (χ1) is 12.6. The Balaban J connectivity index is 1.45. The van der Waals surface area contributed by atoms with Crippen molar-refractivity contribution in [2.45, 2.75) is 25.1 Å². The van der Waals surface area contributed by atoms with E-state index >= 15 is 0 Å². The highest BCUT2D eigenvalue weighted by molar-refractivity contribution is 6.35. The zero-order chi connectivity index (χ0) is 18.1. The Morgan fingerprint density at radius 1 is 1.27 bits per heavy atom. The molecular weight excluding hydrogens is 352 g/mol. The quantitative estimate of drug-likeness (QED) is 0.729. The standard InChI is InChI=1S/C18H21ClN6O/c1-24-15-5-2-4-12(19)17(15)14(23-24)10-25-9-6-13(16(26)11-25)22-18-20-7-3-8-21-18/h2-5,7-8,13,16,26H,6,9-11H2,1H3,(H,20,21,22)/t13-,16-/m1/s1. The van der Waals surface area contributed by atoms with Crippen LogP contribution in [0.2, 0.25) is 5.02 Å². The maximum Gasteiger partial charge on any atom is 0.222 e. The lowest BCUT2D eigenvalue weighted by atomic mass is 10.0. The lowest BCUT2D eigenvalue weighted by molar-refractivity contribution is 0.0554. The van der Waals surface area contributed by atoms with Gasteiger partial charge in [-0.15, -0.1) is 0 Å². The number of anilines is 1. The van der Waals surface area contributed by atoms with Gasteiger partial charge in [-0.25, -0.2) is 9.97 Å². The molecule has 0 aliphatic carbocycles. The van der Waals surface area contributed by atoms with Crippen LogP contribution in [0, 0.1) is 0 Å². The molecule has 8 heteroatoms. The molecule has 2 atom stereocenters. The molecule has 1 saturated heterocycles. The molecule has 0 radical (unpaired) electrons. The zero-order valence-electron chi connectivity index (χ0n) is 14.5. The molecule has 3 aromatic rings. The number of hydrogen-bond acceptors (Lipinski definition) is 6. The number of piperidine rings is 1. The Kier molecular flexibility index (Phi) is 4.76. The monoisotopic (exact) mass is 372 g/mol. The van der Waals surface area contributed by atoms with Gasteiger partial charge in [0.2, 0.25) is 5.95 Å². The van der Waals surface area contributed by atoms with Crippen LogP contribution in [0.15, 0.2) is 36.7 Å². The summed E-state index contributed by atoms with van der Waals surface area (Å²) in [6, 6.07) is 7.55. The predicted molar refractivity (Wildman–Crippen MR) is 101 cm³/mol. The fraction of sp³-hybridized carbons (Fsp3) is 0.389. The van der Waals surface area contributed by atoms with E-state index in [4.69, 9.17) is 11.6 Å². The smallest absolute Gasteiger partial charge is 0.222 e. The minimum atomic E-state index is -0.502. The van der Waals surface area contributed by atoms with Gasteiger partial charge >= 0.3 is 0 Å². The molecule has 1 aliphatic heterocycles. The number of nitrogens with one attached hydrogen (secondary N) is 1. The second kappa shape index (κ2) is 7.19. The number of fused-ring (bicyclic) bond motifs is 1. The van der Waals surface area contributed by atoms with Crippen molar-refractivity contribution in [1.82, 2.24) is 24.6 Å². The number of nitrogens with zero attached hydrogens (tertiary/aromatic N) is 5. The topological polar surface area (TPSA) is 79.1 Å². The molecular formula is C18H21ClN6O. The summed E-state index contributed by atoms with van der Waals surface area (Å²) in [6.07, 6.45) is 3.68. The summed E-state index contributed by atoms with van der Waals surface area (Å²) in [7, 11) is 1.92. The normalized spacial score (nSPS) is 21.2. The van der Waals surface area contributed by atoms with E-state index in [1.807, 2.05) is 29.9 Å². The predicted octanol–water partition coefficient (Wildman–Crippen LogP) is 2.06. The second-order valence-electron chi connectivity index (χ2n) is 6.62. The third-order valence-corrected chi connectivity index (χ3v) is 5.13. The Bertz CT molecular complexity index is 899. The van der Waals surface area contributed by atoms with E-state index in [0.717, 1.165) is 29.6 Å². The number of aromatic nitrogens is 4. The summed E-state index contributed by atoms with van der Waals surface area (Å²) < 4.78 is 1.86. The molecule has 1 aliphatic rings. The number of rotatable bonds is 4. The third kappa shape index (κ3) is 3.38. The van der Waals surface area contributed by atoms with Crippen LogP contribution in [0.25, 0.3) is 10.9 Å². The van der Waals surface area contributed by atoms with Gasteiger partial charge in [0.15, 0.2) is 0 Å². The van der Waals surface area contributed by atoms with Crippen molar-refractivity contribution in [3.8, 4) is 0 Å². The van der Waals surface area contributed by atoms with E-state index in [2.05, 4.69) is 25.3 Å². The van der Waals surface area contributed by atoms with E-state index in [9.17, 15) is 5.11 Å². The number of halogens is 1. The highest BCUT2D eigenvalue weighted by atomic mass is 35.5. The molecule has 0 spiro atoms. The molecule has 2 N–H and O–H groups in total. The van der Waals surface area contributed by atoms with Crippen LogP contribution in [0.5, 0.6) is 0 Å². The molecule has 136 valence electrons. The summed E-state index contributed by atoms with van der Waals surface area (Å²) in [4.78, 5) is 10.5. The molecule has 1 fully saturated rings. The summed E-state index contributed by atoms with van der Waals surface area (Å²) in [5.41, 5.74) is 1.96. The van der Waals surface area contributed by atoms with Gasteiger partial charge in [-0.05, 0) is 24.6 Å². The van der Waals surface area contributed by atoms with Crippen molar-refractivity contribution in [2.75, 3.05) is 18.4 Å². The average Bonchev–Trinajstić information content (AvgIpc) is 2.95. The van der Waals surface area contributed by atoms with Crippen LogP contribution in [-0.4, -0.2) is 55.0 Å². The first kappa shape index (κ1) is 17.2. The number of aryl methyl sites for hydroxylation is 1. The van der Waals surface area contributed by atoms with Crippen LogP contribution < -0.4 is 5.32 Å². The summed E-state index contributed by atoms with van der Waals surface area (Å²) in [5, 5.41) is 20.1. The van der Waals surface area contributed by atoms with Crippen LogP contribution in [0.3, 0.4) is 0 Å². The maximum atomic E-state index is 10.5. The number of likely N-dealkylation sites (tertiary alicyclic amines) is 1. The minimum absolute atomic E-state index is 0.0577. The van der Waals surface area contributed by atoms with Crippen molar-refractivity contribution < 1.29 is 5.11 Å². The van der Waals surface area contributed by atoms with E-state index in [1.54, 1.807) is 18.5 Å². The first-order valence-electron chi connectivity index (χ1n) is 8.66. The van der Waals surface area contributed by atoms with Gasteiger partial charge in [-0.1, -0.05) is 17.7 Å². The first-order valence-corrected chi connectivity index (χ1v) is 9.03. The molecule has 0 saturated carbocycles. The van der Waals surface area contributed by atoms with Crippen molar-refractivity contribution in [2.24, 2.45) is 7.05 Å². The van der Waals surface area contributed by atoms with E-state index in [-0.39, 0.29) is 6.04 Å². The van der Waals surface area contributed by atoms with Crippen molar-refractivity contribution in [3.63, 3.8) is 0 Å². The SMILES string of the molecule is Cn1nc(CN2CC[C@@H](Nc3ncccn3)[C@H](O)C2)c2c(Cl)cccc21. The van der Waals surface area contributed by atoms with E-state index in [0.29, 0.717) is 24.1 Å². The molecule has 3 heterocycles. The van der Waals surface area contributed by atoms with Gasteiger partial charge in [0, 0.05) is 44.5 Å². The molecule has 2 aromatic heterocycles. The van der Waals surface area contributed by atoms with Crippen LogP contribution in [-0.2, 0) is 13.6 Å². The van der Waals surface area contributed by atoms with E-state index in [1.165, 1.54) is 0 Å². The lowest BCUT2D eigenvalue weighted by Gasteiger charge is -2.35. The maximum absolute atomic E-state index is 10.5. The van der Waals surface area contributed by atoms with Crippen molar-refractivity contribution in [3.05, 3.63) is 47.4 Å². The van der Waals surface area contributed by atoms with Crippen LogP contribution in [0.1, 0.15) is 12.1 Å². The Morgan fingerprint density at radius 2 is 2.08 bits per heavy atom. The summed E-state index contributed by atoms with van der Waals surface area (Å²) in [6.45, 7) is 2.07. The molecule has 4 rings (SSSR count). The zero-order valence-corrected chi connectivity index (χ0v) is 15.3. The highest BCUT2D eigenvalue weighted by Gasteiger charge is 2.29. The van der Waals surface area contributed by atoms with Gasteiger partial charge in [0.05, 0.1) is 28.4 Å². The fourth-order valence-electron chi connectivity index (χ4n) is 3.52. The number of aliphatic hydroxyl groups excluding tert-OH is 1. The van der Waals surface area contributed by atoms with Crippen LogP contribution in [0.4, 0.5) is 5.95 Å². The molecule has 0 amide bonds. The summed E-state index contributed by atoms with van der Waals surface area (Å²) in [5.74, 6) is 0.549. The largest absolute Gasteiger partial charge is 0.390 e. The van der Waals surface area contributed by atoms with Crippen LogP contribution >= 0.6 is 11.6 Å². The van der Waals surface area contributed by atoms with Crippen molar-refractivity contribution in [1.29, 1.82) is 0 Å². The van der Waals surface area contributed by atoms with Gasteiger partial charge in [0.1, 0.15) is 0 Å². The Hall–Kier alpha value is -2.22. The number of benzene rings is 1. The Labute approximate surface area is 156 Å². The van der Waals surface area contributed by atoms with Crippen molar-refractivity contribution >= 4 is 28.5 Å². The second-order valence-corrected chi connectivity index (χ2v) is 7.03. The van der Waals surface area contributed by atoms with E-state index < -0.39 is 6.10 Å². The molecule has 26 heavy (non-hydrogen) atoms. The minimum Gasteiger partial charge on any atom is -0.390 e. The molecule has 1 aromatic carbocycles. The average molecular weight is 373 g/mol. The number of hydrogen-bond donors (Lipinski definition) is 2. The van der Waals surface area contributed by atoms with Gasteiger partial charge < -0.3 is 10.4 Å². The highest BCUT2D eigenvalue weighted by Crippen LogP contribution is 2.28. The van der Waals surface area contributed by atoms with Gasteiger partial charge in [0.25, 0.3) is 0 Å².